The highest BCUT2D eigenvalue weighted by Gasteiger charge is 2.27. The minimum atomic E-state index is -0.714. The third-order valence-corrected chi connectivity index (χ3v) is 2.04. The molecule has 1 saturated heterocycles. The van der Waals surface area contributed by atoms with Crippen LogP contribution in [0.15, 0.2) is 21.9 Å². The fourth-order valence-electron chi connectivity index (χ4n) is 1.34. The Hall–Kier alpha value is -1.44. The summed E-state index contributed by atoms with van der Waals surface area (Å²) < 4.78 is 11.4. The number of hydrogen-bond acceptors (Lipinski definition) is 5. The molecule has 2 atom stereocenters. The van der Waals surface area contributed by atoms with Gasteiger partial charge in [-0.05, 0) is 0 Å². The SMILES string of the molecule is O=c1ccn(C2CO[C@@H](CO)O2)c(=O)[nH]1. The van der Waals surface area contributed by atoms with Gasteiger partial charge in [-0.1, -0.05) is 0 Å². The minimum absolute atomic E-state index is 0.164. The molecule has 0 aliphatic carbocycles. The summed E-state index contributed by atoms with van der Waals surface area (Å²) in [5.74, 6) is 0. The summed E-state index contributed by atoms with van der Waals surface area (Å²) in [4.78, 5) is 24.2. The predicted molar refractivity (Wildman–Crippen MR) is 48.3 cm³/mol. The van der Waals surface area contributed by atoms with Crippen molar-refractivity contribution >= 4 is 0 Å². The number of rotatable bonds is 2. The van der Waals surface area contributed by atoms with Gasteiger partial charge in [-0.25, -0.2) is 4.79 Å². The Kier molecular flexibility index (Phi) is 2.67. The summed E-state index contributed by atoms with van der Waals surface area (Å²) in [6.45, 7) is -0.105. The number of hydrogen-bond donors (Lipinski definition) is 2. The second-order valence-corrected chi connectivity index (χ2v) is 3.05. The van der Waals surface area contributed by atoms with Crippen molar-refractivity contribution in [3.63, 3.8) is 0 Å². The van der Waals surface area contributed by atoms with Gasteiger partial charge in [-0.2, -0.15) is 0 Å². The van der Waals surface area contributed by atoms with Crippen LogP contribution in [-0.4, -0.2) is 34.2 Å². The molecule has 1 aliphatic heterocycles. The Morgan fingerprint density at radius 2 is 2.40 bits per heavy atom. The van der Waals surface area contributed by atoms with Crippen LogP contribution in [0.4, 0.5) is 0 Å². The zero-order valence-electron chi connectivity index (χ0n) is 7.75. The fraction of sp³-hybridized carbons (Fsp3) is 0.500. The van der Waals surface area contributed by atoms with Gasteiger partial charge in [-0.15, -0.1) is 0 Å². The fourth-order valence-corrected chi connectivity index (χ4v) is 1.34. The predicted octanol–water partition coefficient (Wildman–Crippen LogP) is -1.60. The standard InChI is InChI=1S/C8H10N2O5/c11-3-7-14-4-6(15-7)10-2-1-5(12)9-8(10)13/h1-2,6-7,11H,3-4H2,(H,9,12,13)/t6?,7-/m1/s1. The Balaban J connectivity index is 2.24. The van der Waals surface area contributed by atoms with E-state index in [1.54, 1.807) is 0 Å². The number of H-pyrrole nitrogens is 1. The van der Waals surface area contributed by atoms with Gasteiger partial charge in [0.2, 0.25) is 0 Å². The molecule has 1 fully saturated rings. The number of ether oxygens (including phenoxy) is 2. The molecule has 2 N–H and O–H groups in total. The summed E-state index contributed by atoms with van der Waals surface area (Å²) in [6, 6.07) is 1.22. The molecule has 2 heterocycles. The molecule has 1 aliphatic rings. The molecule has 2 rings (SSSR count). The summed E-state index contributed by atoms with van der Waals surface area (Å²) in [7, 11) is 0. The highest BCUT2D eigenvalue weighted by Crippen LogP contribution is 2.18. The van der Waals surface area contributed by atoms with Crippen LogP contribution >= 0.6 is 0 Å². The molecule has 0 saturated carbocycles. The lowest BCUT2D eigenvalue weighted by Gasteiger charge is -2.11. The number of aromatic amines is 1. The molecule has 82 valence electrons. The third-order valence-electron chi connectivity index (χ3n) is 2.04. The molecule has 0 amide bonds. The quantitative estimate of drug-likeness (QED) is 0.618. The number of aliphatic hydroxyl groups excluding tert-OH is 1. The van der Waals surface area contributed by atoms with E-state index in [4.69, 9.17) is 14.6 Å². The Bertz CT molecular complexity index is 451. The highest BCUT2D eigenvalue weighted by atomic mass is 16.7. The zero-order valence-corrected chi connectivity index (χ0v) is 7.75. The van der Waals surface area contributed by atoms with Crippen molar-refractivity contribution in [3.05, 3.63) is 33.1 Å². The van der Waals surface area contributed by atoms with Crippen molar-refractivity contribution in [1.82, 2.24) is 9.55 Å². The Labute approximate surface area is 83.9 Å². The molecule has 15 heavy (non-hydrogen) atoms. The highest BCUT2D eigenvalue weighted by molar-refractivity contribution is 4.84. The topological polar surface area (TPSA) is 93.5 Å². The second kappa shape index (κ2) is 3.97. The first-order valence-electron chi connectivity index (χ1n) is 4.40. The van der Waals surface area contributed by atoms with Crippen LogP contribution in [0, 0.1) is 0 Å². The van der Waals surface area contributed by atoms with Crippen molar-refractivity contribution in [2.24, 2.45) is 0 Å². The van der Waals surface area contributed by atoms with Crippen LogP contribution in [0.5, 0.6) is 0 Å². The van der Waals surface area contributed by atoms with Crippen molar-refractivity contribution in [2.75, 3.05) is 13.2 Å². The van der Waals surface area contributed by atoms with Crippen LogP contribution in [0.25, 0.3) is 0 Å². The zero-order chi connectivity index (χ0) is 10.8. The van der Waals surface area contributed by atoms with E-state index in [2.05, 4.69) is 4.98 Å². The first-order chi connectivity index (χ1) is 7.20. The van der Waals surface area contributed by atoms with E-state index in [-0.39, 0.29) is 13.2 Å². The van der Waals surface area contributed by atoms with Gasteiger partial charge in [0.25, 0.3) is 5.56 Å². The number of aliphatic hydroxyl groups is 1. The number of nitrogens with zero attached hydrogens (tertiary/aromatic N) is 1. The molecule has 1 unspecified atom stereocenters. The maximum Gasteiger partial charge on any atom is 0.330 e. The van der Waals surface area contributed by atoms with Crippen molar-refractivity contribution in [1.29, 1.82) is 0 Å². The lowest BCUT2D eigenvalue weighted by molar-refractivity contribution is -0.0992. The molecule has 0 bridgehead atoms. The molecule has 0 radical (unpaired) electrons. The van der Waals surface area contributed by atoms with E-state index in [1.807, 2.05) is 0 Å². The summed E-state index contributed by atoms with van der Waals surface area (Å²) in [5, 5.41) is 8.75. The summed E-state index contributed by atoms with van der Waals surface area (Å²) in [6.07, 6.45) is 0.00918. The minimum Gasteiger partial charge on any atom is -0.391 e. The second-order valence-electron chi connectivity index (χ2n) is 3.05. The van der Waals surface area contributed by atoms with E-state index in [0.717, 1.165) is 0 Å². The number of nitrogens with one attached hydrogen (secondary N) is 1. The van der Waals surface area contributed by atoms with Crippen molar-refractivity contribution in [3.8, 4) is 0 Å². The first kappa shape index (κ1) is 10.1. The van der Waals surface area contributed by atoms with Crippen molar-refractivity contribution in [2.45, 2.75) is 12.5 Å². The van der Waals surface area contributed by atoms with Gasteiger partial charge >= 0.3 is 5.69 Å². The Morgan fingerprint density at radius 3 is 3.00 bits per heavy atom. The third kappa shape index (κ3) is 1.99. The first-order valence-corrected chi connectivity index (χ1v) is 4.40. The molecule has 1 aromatic rings. The molecule has 7 nitrogen and oxygen atoms in total. The van der Waals surface area contributed by atoms with Crippen LogP contribution in [0.3, 0.4) is 0 Å². The lowest BCUT2D eigenvalue weighted by atomic mass is 10.5. The van der Waals surface area contributed by atoms with Crippen LogP contribution < -0.4 is 11.2 Å². The van der Waals surface area contributed by atoms with Crippen molar-refractivity contribution < 1.29 is 14.6 Å². The smallest absolute Gasteiger partial charge is 0.330 e. The Morgan fingerprint density at radius 1 is 1.60 bits per heavy atom. The van der Waals surface area contributed by atoms with Gasteiger partial charge in [0.05, 0.1) is 13.2 Å². The van der Waals surface area contributed by atoms with Gasteiger partial charge in [0.1, 0.15) is 0 Å². The van der Waals surface area contributed by atoms with E-state index >= 15 is 0 Å². The lowest BCUT2D eigenvalue weighted by Crippen LogP contribution is -2.32. The molecule has 1 aromatic heterocycles. The van der Waals surface area contributed by atoms with Crippen LogP contribution in [-0.2, 0) is 9.47 Å². The molecular weight excluding hydrogens is 204 g/mol. The van der Waals surface area contributed by atoms with Gasteiger partial charge < -0.3 is 14.6 Å². The van der Waals surface area contributed by atoms with E-state index < -0.39 is 23.8 Å². The van der Waals surface area contributed by atoms with Crippen LogP contribution in [0.2, 0.25) is 0 Å². The number of aromatic nitrogens is 2. The maximum absolute atomic E-state index is 11.3. The maximum atomic E-state index is 11.3. The molecular formula is C8H10N2O5. The summed E-state index contributed by atoms with van der Waals surface area (Å²) in [5.41, 5.74) is -1.02. The van der Waals surface area contributed by atoms with E-state index in [9.17, 15) is 9.59 Å². The largest absolute Gasteiger partial charge is 0.391 e. The normalized spacial score (nSPS) is 25.7. The molecule has 0 aromatic carbocycles. The average Bonchev–Trinajstić information content (AvgIpc) is 2.66. The van der Waals surface area contributed by atoms with Gasteiger partial charge in [0.15, 0.2) is 12.5 Å². The van der Waals surface area contributed by atoms with Gasteiger partial charge in [0, 0.05) is 12.3 Å². The molecule has 7 heteroatoms. The summed E-state index contributed by atoms with van der Waals surface area (Å²) >= 11 is 0. The average molecular weight is 214 g/mol. The van der Waals surface area contributed by atoms with E-state index in [1.165, 1.54) is 16.8 Å². The monoisotopic (exact) mass is 214 g/mol. The van der Waals surface area contributed by atoms with Gasteiger partial charge in [-0.3, -0.25) is 14.3 Å². The molecule has 0 spiro atoms. The van der Waals surface area contributed by atoms with Crippen LogP contribution in [0.1, 0.15) is 6.23 Å². The van der Waals surface area contributed by atoms with E-state index in [0.29, 0.717) is 0 Å².